The van der Waals surface area contributed by atoms with Crippen LogP contribution in [0.2, 0.25) is 0 Å². The fourth-order valence-corrected chi connectivity index (χ4v) is 5.09. The van der Waals surface area contributed by atoms with Gasteiger partial charge in [-0.05, 0) is 56.7 Å². The molecule has 15 heteroatoms. The number of carboxylic acid groups (broad SMARTS) is 4. The fraction of sp³-hybridized carbons (Fsp3) is 0.607. The Morgan fingerprint density at radius 3 is 1.79 bits per heavy atom. The van der Waals surface area contributed by atoms with Crippen molar-refractivity contribution in [2.24, 2.45) is 0 Å². The molecule has 1 aromatic rings. The zero-order chi connectivity index (χ0) is 32.4. The van der Waals surface area contributed by atoms with Crippen LogP contribution in [0.3, 0.4) is 0 Å². The first-order valence-electron chi connectivity index (χ1n) is 14.2. The molecule has 1 aromatic carbocycles. The van der Waals surface area contributed by atoms with Crippen molar-refractivity contribution >= 4 is 47.4 Å². The topological polar surface area (TPSA) is 186 Å². The van der Waals surface area contributed by atoms with Gasteiger partial charge < -0.3 is 36.0 Å². The Morgan fingerprint density at radius 1 is 0.884 bits per heavy atom. The molecule has 0 aromatic heterocycles. The predicted molar refractivity (Wildman–Crippen MR) is 167 cm³/mol. The van der Waals surface area contributed by atoms with Crippen molar-refractivity contribution in [3.63, 3.8) is 0 Å². The summed E-state index contributed by atoms with van der Waals surface area (Å²) in [5, 5.41) is 42.3. The van der Waals surface area contributed by atoms with Crippen molar-refractivity contribution in [1.29, 1.82) is 0 Å². The monoisotopic (exact) mass is 626 g/mol. The molecule has 0 amide bonds. The number of aliphatic carboxylic acids is 3. The third-order valence-electron chi connectivity index (χ3n) is 6.76. The van der Waals surface area contributed by atoms with Gasteiger partial charge in [0.25, 0.3) is 6.47 Å². The lowest BCUT2D eigenvalue weighted by Gasteiger charge is -2.37. The van der Waals surface area contributed by atoms with Gasteiger partial charge in [0.1, 0.15) is 0 Å². The minimum absolute atomic E-state index is 0.121. The Labute approximate surface area is 258 Å². The maximum atomic E-state index is 11.9. The molecule has 0 saturated carbocycles. The molecule has 2 rings (SSSR count). The van der Waals surface area contributed by atoms with Crippen molar-refractivity contribution in [2.45, 2.75) is 39.3 Å². The summed E-state index contributed by atoms with van der Waals surface area (Å²) in [7, 11) is 0. The van der Waals surface area contributed by atoms with E-state index in [0.717, 1.165) is 17.8 Å². The molecule has 1 aliphatic rings. The maximum absolute atomic E-state index is 11.9. The van der Waals surface area contributed by atoms with Gasteiger partial charge in [0.2, 0.25) is 0 Å². The number of benzene rings is 1. The van der Waals surface area contributed by atoms with E-state index >= 15 is 0 Å². The van der Waals surface area contributed by atoms with Crippen molar-refractivity contribution in [2.75, 3.05) is 77.3 Å². The standard InChI is InChI=1S/C27H44N6O6S.CH2O2/c1-4-30-9-10-31(17-24(34)35)11-12-32(18-25(36)37)13-14-33(19-26(38)39)23(16-30)15-21-5-7-22(8-6-21)29-27(40)28-20(2)3;2-1-3/h5-8,20,23H,4,9-19H2,1-3H3,(H,34,35)(H,36,37)(H,38,39)(H2,28,29,40);1H,(H,2,3). The number of hydrogen-bond donors (Lipinski definition) is 6. The van der Waals surface area contributed by atoms with Crippen LogP contribution in [0.25, 0.3) is 0 Å². The highest BCUT2D eigenvalue weighted by atomic mass is 32.1. The summed E-state index contributed by atoms with van der Waals surface area (Å²) in [4.78, 5) is 50.9. The summed E-state index contributed by atoms with van der Waals surface area (Å²) in [6, 6.07) is 7.93. The Bertz CT molecular complexity index is 1030. The van der Waals surface area contributed by atoms with Crippen molar-refractivity contribution in [3.8, 4) is 0 Å². The number of rotatable bonds is 11. The zero-order valence-electron chi connectivity index (χ0n) is 25.1. The van der Waals surface area contributed by atoms with Crippen LogP contribution >= 0.6 is 12.2 Å². The first kappa shape index (κ1) is 37.7. The first-order valence-corrected chi connectivity index (χ1v) is 14.6. The molecule has 6 N–H and O–H groups in total. The summed E-state index contributed by atoms with van der Waals surface area (Å²) < 4.78 is 0. The molecule has 0 spiro atoms. The molecule has 43 heavy (non-hydrogen) atoms. The molecule has 1 atom stereocenters. The molecule has 1 heterocycles. The predicted octanol–water partition coefficient (Wildman–Crippen LogP) is 0.489. The molecule has 14 nitrogen and oxygen atoms in total. The molecular weight excluding hydrogens is 580 g/mol. The van der Waals surface area contributed by atoms with E-state index in [1.54, 1.807) is 4.90 Å². The number of hydrogen-bond acceptors (Lipinski definition) is 9. The normalized spacial score (nSPS) is 17.9. The van der Waals surface area contributed by atoms with Crippen LogP contribution in [-0.2, 0) is 25.6 Å². The summed E-state index contributed by atoms with van der Waals surface area (Å²) in [5.41, 5.74) is 1.88. The lowest BCUT2D eigenvalue weighted by molar-refractivity contribution is -0.141. The average molecular weight is 627 g/mol. The third-order valence-corrected chi connectivity index (χ3v) is 6.98. The third kappa shape index (κ3) is 16.7. The molecule has 1 unspecified atom stereocenters. The molecule has 1 aliphatic heterocycles. The van der Waals surface area contributed by atoms with Gasteiger partial charge in [-0.15, -0.1) is 0 Å². The van der Waals surface area contributed by atoms with E-state index in [9.17, 15) is 29.7 Å². The Morgan fingerprint density at radius 2 is 1.35 bits per heavy atom. The number of anilines is 1. The van der Waals surface area contributed by atoms with E-state index in [-0.39, 0.29) is 38.2 Å². The van der Waals surface area contributed by atoms with Crippen molar-refractivity contribution in [1.82, 2.24) is 24.9 Å². The Kier molecular flexibility index (Phi) is 18.0. The second kappa shape index (κ2) is 20.5. The maximum Gasteiger partial charge on any atom is 0.317 e. The van der Waals surface area contributed by atoms with E-state index in [1.807, 2.05) is 54.8 Å². The zero-order valence-corrected chi connectivity index (χ0v) is 26.0. The van der Waals surface area contributed by atoms with Gasteiger partial charge in [-0.1, -0.05) is 19.1 Å². The van der Waals surface area contributed by atoms with Crippen LogP contribution in [0.5, 0.6) is 0 Å². The van der Waals surface area contributed by atoms with Crippen LogP contribution in [0.4, 0.5) is 5.69 Å². The molecule has 0 radical (unpaired) electrons. The summed E-state index contributed by atoms with van der Waals surface area (Å²) in [6.07, 6.45) is 0.594. The number of nitrogens with one attached hydrogen (secondary N) is 2. The highest BCUT2D eigenvalue weighted by molar-refractivity contribution is 7.80. The largest absolute Gasteiger partial charge is 0.483 e. The Hall–Kier alpha value is -3.37. The van der Waals surface area contributed by atoms with E-state index in [1.165, 1.54) is 0 Å². The van der Waals surface area contributed by atoms with Gasteiger partial charge in [0, 0.05) is 63.6 Å². The van der Waals surface area contributed by atoms with E-state index in [0.29, 0.717) is 57.3 Å². The second-order valence-corrected chi connectivity index (χ2v) is 10.9. The number of likely N-dealkylation sites (N-methyl/N-ethyl adjacent to an activating group) is 1. The number of carboxylic acids is 3. The minimum Gasteiger partial charge on any atom is -0.483 e. The quantitative estimate of drug-likeness (QED) is 0.147. The SMILES string of the molecule is CCN1CCN(CC(=O)O)CCN(CC(=O)O)CCN(CC(=O)O)C(Cc2ccc(NC(=S)NC(C)C)cc2)C1.O=CO. The fourth-order valence-electron chi connectivity index (χ4n) is 4.73. The highest BCUT2D eigenvalue weighted by Gasteiger charge is 2.26. The number of thiocarbonyl (C=S) groups is 1. The number of carbonyl (C=O) groups is 4. The van der Waals surface area contributed by atoms with E-state index < -0.39 is 17.9 Å². The van der Waals surface area contributed by atoms with Crippen LogP contribution in [0.1, 0.15) is 26.3 Å². The molecule has 1 saturated heterocycles. The molecule has 0 aliphatic carbocycles. The second-order valence-electron chi connectivity index (χ2n) is 10.5. The molecule has 242 valence electrons. The lowest BCUT2D eigenvalue weighted by Crippen LogP contribution is -2.52. The summed E-state index contributed by atoms with van der Waals surface area (Å²) in [5.74, 6) is -2.85. The van der Waals surface area contributed by atoms with Gasteiger partial charge in [-0.25, -0.2) is 0 Å². The van der Waals surface area contributed by atoms with Gasteiger partial charge in [0.05, 0.1) is 19.6 Å². The van der Waals surface area contributed by atoms with Crippen LogP contribution in [0.15, 0.2) is 24.3 Å². The van der Waals surface area contributed by atoms with Gasteiger partial charge >= 0.3 is 17.9 Å². The molecular formula is C28H46N6O8S. The van der Waals surface area contributed by atoms with Gasteiger partial charge in [-0.2, -0.15) is 0 Å². The van der Waals surface area contributed by atoms with Gasteiger partial charge in [0.15, 0.2) is 5.11 Å². The smallest absolute Gasteiger partial charge is 0.317 e. The van der Waals surface area contributed by atoms with Crippen LogP contribution < -0.4 is 10.6 Å². The van der Waals surface area contributed by atoms with Crippen molar-refractivity contribution in [3.05, 3.63) is 29.8 Å². The first-order chi connectivity index (χ1) is 20.4. The minimum atomic E-state index is -0.979. The summed E-state index contributed by atoms with van der Waals surface area (Å²) >= 11 is 5.33. The molecule has 1 fully saturated rings. The van der Waals surface area contributed by atoms with Crippen LogP contribution in [0, 0.1) is 0 Å². The summed E-state index contributed by atoms with van der Waals surface area (Å²) in [6.45, 7) is 9.27. The van der Waals surface area contributed by atoms with E-state index in [4.69, 9.17) is 22.1 Å². The van der Waals surface area contributed by atoms with Crippen LogP contribution in [-0.4, -0.2) is 154 Å². The Balaban J connectivity index is 0.00000295. The van der Waals surface area contributed by atoms with Gasteiger partial charge in [-0.3, -0.25) is 33.9 Å². The lowest BCUT2D eigenvalue weighted by atomic mass is 10.0. The number of nitrogens with zero attached hydrogens (tertiary/aromatic N) is 4. The van der Waals surface area contributed by atoms with Crippen molar-refractivity contribution < 1.29 is 39.6 Å². The highest BCUT2D eigenvalue weighted by Crippen LogP contribution is 2.16. The molecule has 0 bridgehead atoms. The van der Waals surface area contributed by atoms with E-state index in [2.05, 4.69) is 15.5 Å². The average Bonchev–Trinajstić information content (AvgIpc) is 2.90.